The fraction of sp³-hybridized carbons (Fsp3) is 0.429. The molecule has 3 aromatic rings. The molecule has 17 nitrogen and oxygen atoms in total. The summed E-state index contributed by atoms with van der Waals surface area (Å²) >= 11 is 0. The first kappa shape index (κ1) is 45.2. The zero-order valence-corrected chi connectivity index (χ0v) is 34.5. The maximum Gasteiger partial charge on any atom is 0.437 e. The Kier molecular flexibility index (Phi) is 16.5. The highest BCUT2D eigenvalue weighted by Crippen LogP contribution is 2.24. The predicted octanol–water partition coefficient (Wildman–Crippen LogP) is 3.39. The molecule has 3 aromatic carbocycles. The van der Waals surface area contributed by atoms with Crippen LogP contribution in [-0.2, 0) is 51.8 Å². The molecule has 2 heterocycles. The zero-order chi connectivity index (χ0) is 43.1. The van der Waals surface area contributed by atoms with Gasteiger partial charge < -0.3 is 34.4 Å². The minimum Gasteiger partial charge on any atom is -0.469 e. The lowest BCUT2D eigenvalue weighted by Gasteiger charge is -2.36. The van der Waals surface area contributed by atoms with E-state index in [9.17, 15) is 37.5 Å². The molecule has 0 saturated carbocycles. The number of esters is 1. The normalized spacial score (nSPS) is 17.9. The number of hydrogen-bond acceptors (Lipinski definition) is 11. The molecule has 4 atom stereocenters. The average molecular weight is 849 g/mol. The number of nitrogens with zero attached hydrogens (tertiary/aromatic N) is 3. The van der Waals surface area contributed by atoms with Gasteiger partial charge in [0.15, 0.2) is 0 Å². The average Bonchev–Trinajstić information content (AvgIpc) is 3.75. The number of ether oxygens (including phenoxy) is 3. The highest BCUT2D eigenvalue weighted by atomic mass is 32.2. The lowest BCUT2D eigenvalue weighted by atomic mass is 9.91. The van der Waals surface area contributed by atoms with E-state index in [1.807, 2.05) is 36.4 Å². The van der Waals surface area contributed by atoms with Crippen molar-refractivity contribution in [3.63, 3.8) is 0 Å². The number of aryl methyl sites for hydroxylation is 1. The first-order chi connectivity index (χ1) is 28.8. The van der Waals surface area contributed by atoms with Gasteiger partial charge in [-0.2, -0.15) is 4.72 Å². The number of nitrogens with one attached hydrogen (secondary N) is 3. The molecule has 18 heteroatoms. The summed E-state index contributed by atoms with van der Waals surface area (Å²) in [6.45, 7) is 2.17. The van der Waals surface area contributed by atoms with E-state index in [-0.39, 0.29) is 43.0 Å². The number of alkyl carbamates (subject to hydrolysis) is 1. The van der Waals surface area contributed by atoms with Crippen LogP contribution in [-0.4, -0.2) is 111 Å². The van der Waals surface area contributed by atoms with E-state index in [1.165, 1.54) is 17.0 Å². The number of aliphatic hydroxyl groups excluding tert-OH is 1. The Balaban J connectivity index is 1.23. The van der Waals surface area contributed by atoms with Crippen molar-refractivity contribution in [3.8, 4) is 0 Å². The Labute approximate surface area is 349 Å². The summed E-state index contributed by atoms with van der Waals surface area (Å²) in [4.78, 5) is 72.8. The molecule has 60 heavy (non-hydrogen) atoms. The monoisotopic (exact) mass is 848 g/mol. The van der Waals surface area contributed by atoms with Crippen molar-refractivity contribution >= 4 is 46.0 Å². The third-order valence-corrected chi connectivity index (χ3v) is 11.7. The van der Waals surface area contributed by atoms with Crippen LogP contribution in [0.4, 0.5) is 9.59 Å². The first-order valence-corrected chi connectivity index (χ1v) is 21.2. The maximum atomic E-state index is 13.9. The predicted molar refractivity (Wildman–Crippen MR) is 218 cm³/mol. The van der Waals surface area contributed by atoms with Crippen LogP contribution in [0, 0.1) is 12.8 Å². The molecule has 2 fully saturated rings. The summed E-state index contributed by atoms with van der Waals surface area (Å²) < 4.78 is 44.4. The molecule has 5 rings (SSSR count). The second-order valence-corrected chi connectivity index (χ2v) is 16.4. The molecule has 0 aromatic heterocycles. The largest absolute Gasteiger partial charge is 0.469 e. The summed E-state index contributed by atoms with van der Waals surface area (Å²) in [6.07, 6.45) is -0.0241. The molecule has 2 saturated heterocycles. The quantitative estimate of drug-likeness (QED) is 0.0748. The van der Waals surface area contributed by atoms with Crippen LogP contribution in [0.25, 0.3) is 0 Å². The van der Waals surface area contributed by atoms with Crippen molar-refractivity contribution in [2.24, 2.45) is 10.9 Å². The number of carbonyl (C=O) groups is 5. The summed E-state index contributed by atoms with van der Waals surface area (Å²) in [5, 5.41) is 15.9. The standard InChI is InChI=1S/C42H52N6O11S/c1-29-17-19-34(20-18-29)60(55,56)46-35(24-37(50)57-2)39(52)48-22-10-16-36(48)38(51)43-33(26-49)23-32-15-9-21-47(25-32)40(44-41(53)58-27-30-11-5-3-6-12-30)45-42(54)59-28-31-13-7-4-8-14-31/h3-8,11-14,17-20,32-33,35-36,46,49H,9-10,15-16,21-28H2,1-2H3,(H,43,51)(H,44,45,53,54)/t32?,33?,35-,36?/m0/s1. The number of guanidine groups is 1. The van der Waals surface area contributed by atoms with E-state index in [2.05, 4.69) is 20.3 Å². The van der Waals surface area contributed by atoms with Crippen LogP contribution >= 0.6 is 0 Å². The van der Waals surface area contributed by atoms with E-state index in [4.69, 9.17) is 14.2 Å². The van der Waals surface area contributed by atoms with Crippen LogP contribution < -0.4 is 15.4 Å². The second kappa shape index (κ2) is 22.0. The Morgan fingerprint density at radius 3 is 2.13 bits per heavy atom. The lowest BCUT2D eigenvalue weighted by molar-refractivity contribution is -0.146. The zero-order valence-electron chi connectivity index (χ0n) is 33.7. The van der Waals surface area contributed by atoms with E-state index < -0.39 is 71.1 Å². The number of amides is 4. The van der Waals surface area contributed by atoms with E-state index in [0.717, 1.165) is 23.8 Å². The smallest absolute Gasteiger partial charge is 0.437 e. The van der Waals surface area contributed by atoms with E-state index >= 15 is 0 Å². The molecule has 3 unspecified atom stereocenters. The number of rotatable bonds is 15. The minimum atomic E-state index is -4.24. The van der Waals surface area contributed by atoms with Gasteiger partial charge in [0.25, 0.3) is 0 Å². The molecule has 4 amide bonds. The van der Waals surface area contributed by atoms with E-state index in [0.29, 0.717) is 38.8 Å². The Morgan fingerprint density at radius 1 is 0.867 bits per heavy atom. The highest BCUT2D eigenvalue weighted by molar-refractivity contribution is 7.89. The Hall–Kier alpha value is -5.85. The fourth-order valence-electron chi connectivity index (χ4n) is 7.10. The van der Waals surface area contributed by atoms with Crippen molar-refractivity contribution in [1.29, 1.82) is 0 Å². The molecule has 0 radical (unpaired) electrons. The molecule has 2 aliphatic heterocycles. The van der Waals surface area contributed by atoms with Gasteiger partial charge in [0, 0.05) is 19.6 Å². The summed E-state index contributed by atoms with van der Waals surface area (Å²) in [5.74, 6) is -2.34. The number of benzene rings is 3. The topological polar surface area (TPSA) is 222 Å². The molecular formula is C42H52N6O11S. The summed E-state index contributed by atoms with van der Waals surface area (Å²) in [5.41, 5.74) is 2.34. The van der Waals surface area contributed by atoms with Gasteiger partial charge in [-0.3, -0.25) is 19.7 Å². The van der Waals surface area contributed by atoms with Gasteiger partial charge in [0.05, 0.1) is 31.1 Å². The van der Waals surface area contributed by atoms with Crippen LogP contribution in [0.3, 0.4) is 0 Å². The van der Waals surface area contributed by atoms with Gasteiger partial charge in [-0.25, -0.2) is 18.0 Å². The third-order valence-electron chi connectivity index (χ3n) is 10.2. The van der Waals surface area contributed by atoms with Crippen molar-refractivity contribution < 1.29 is 51.7 Å². The van der Waals surface area contributed by atoms with Crippen LogP contribution in [0.1, 0.15) is 55.2 Å². The number of likely N-dealkylation sites (tertiary alicyclic amines) is 2. The fourth-order valence-corrected chi connectivity index (χ4v) is 8.29. The van der Waals surface area contributed by atoms with Crippen molar-refractivity contribution in [3.05, 3.63) is 102 Å². The van der Waals surface area contributed by atoms with Crippen LogP contribution in [0.2, 0.25) is 0 Å². The van der Waals surface area contributed by atoms with E-state index in [1.54, 1.807) is 48.2 Å². The van der Waals surface area contributed by atoms with Crippen molar-refractivity contribution in [2.75, 3.05) is 33.4 Å². The van der Waals surface area contributed by atoms with Gasteiger partial charge in [-0.15, -0.1) is 4.99 Å². The minimum absolute atomic E-state index is 0.0160. The number of sulfonamides is 1. The highest BCUT2D eigenvalue weighted by Gasteiger charge is 2.40. The van der Waals surface area contributed by atoms with Crippen molar-refractivity contribution in [1.82, 2.24) is 25.2 Å². The van der Waals surface area contributed by atoms with Gasteiger partial charge in [-0.05, 0) is 68.2 Å². The summed E-state index contributed by atoms with van der Waals surface area (Å²) in [7, 11) is -3.12. The third kappa shape index (κ3) is 13.3. The summed E-state index contributed by atoms with van der Waals surface area (Å²) in [6, 6.07) is 20.8. The van der Waals surface area contributed by atoms with Gasteiger partial charge >= 0.3 is 18.2 Å². The van der Waals surface area contributed by atoms with Crippen LogP contribution in [0.15, 0.2) is 94.8 Å². The SMILES string of the molecule is COC(=O)C[C@H](NS(=O)(=O)c1ccc(C)cc1)C(=O)N1CCCC1C(=O)NC(CO)CC1CCCN(/C(=N/C(=O)OCc2ccccc2)NC(=O)OCc2ccccc2)C1. The second-order valence-electron chi connectivity index (χ2n) is 14.7. The Bertz CT molecular complexity index is 2070. The molecule has 0 aliphatic carbocycles. The lowest BCUT2D eigenvalue weighted by Crippen LogP contribution is -2.55. The number of aliphatic imine (C=N–C) groups is 1. The van der Waals surface area contributed by atoms with Crippen LogP contribution in [0.5, 0.6) is 0 Å². The number of piperidine rings is 1. The molecular weight excluding hydrogens is 797 g/mol. The van der Waals surface area contributed by atoms with Gasteiger partial charge in [-0.1, -0.05) is 78.4 Å². The molecule has 2 aliphatic rings. The maximum absolute atomic E-state index is 13.9. The molecule has 4 N–H and O–H groups in total. The number of carbonyl (C=O) groups excluding carboxylic acids is 5. The van der Waals surface area contributed by atoms with Crippen molar-refractivity contribution in [2.45, 2.75) is 81.7 Å². The number of methoxy groups -OCH3 is 1. The molecule has 0 spiro atoms. The number of hydrogen-bond donors (Lipinski definition) is 4. The van der Waals surface area contributed by atoms with Gasteiger partial charge in [0.2, 0.25) is 27.8 Å². The first-order valence-electron chi connectivity index (χ1n) is 19.7. The number of aliphatic hydroxyl groups is 1. The molecule has 322 valence electrons. The Morgan fingerprint density at radius 2 is 1.50 bits per heavy atom. The van der Waals surface area contributed by atoms with Gasteiger partial charge in [0.1, 0.15) is 25.3 Å². The molecule has 0 bridgehead atoms.